The third kappa shape index (κ3) is 51.7. The number of unbranched alkanes of at least 4 members (excludes halogenated alkanes) is 27. The Morgan fingerprint density at radius 3 is 1.02 bits per heavy atom. The Labute approximate surface area is 396 Å². The van der Waals surface area contributed by atoms with Crippen molar-refractivity contribution < 1.29 is 24.2 Å². The first-order valence-corrected chi connectivity index (χ1v) is 27.1. The van der Waals surface area contributed by atoms with Crippen molar-refractivity contribution in [1.82, 2.24) is 0 Å². The van der Waals surface area contributed by atoms with Crippen molar-refractivity contribution in [3.05, 3.63) is 85.1 Å². The molecule has 0 aromatic heterocycles. The van der Waals surface area contributed by atoms with Gasteiger partial charge in [0, 0.05) is 12.8 Å². The fourth-order valence-electron chi connectivity index (χ4n) is 7.61. The number of ether oxygens (including phenoxy) is 2. The molecule has 64 heavy (non-hydrogen) atoms. The first-order chi connectivity index (χ1) is 31.6. The van der Waals surface area contributed by atoms with E-state index in [-0.39, 0.29) is 25.2 Å². The van der Waals surface area contributed by atoms with Gasteiger partial charge < -0.3 is 14.6 Å². The van der Waals surface area contributed by atoms with Crippen LogP contribution >= 0.6 is 0 Å². The quantitative estimate of drug-likeness (QED) is 0.0374. The van der Waals surface area contributed by atoms with E-state index in [1.807, 2.05) is 0 Å². The van der Waals surface area contributed by atoms with Crippen molar-refractivity contribution in [2.45, 2.75) is 264 Å². The molecule has 0 radical (unpaired) electrons. The third-order valence-corrected chi connectivity index (χ3v) is 11.7. The van der Waals surface area contributed by atoms with Crippen LogP contribution in [-0.2, 0) is 19.1 Å². The van der Waals surface area contributed by atoms with Crippen LogP contribution in [0.25, 0.3) is 0 Å². The number of hydrogen-bond donors (Lipinski definition) is 1. The number of carbonyl (C=O) groups excluding carboxylic acids is 2. The molecule has 1 unspecified atom stereocenters. The molecular formula is C59H102O5. The summed E-state index contributed by atoms with van der Waals surface area (Å²) in [5, 5.41) is 9.62. The molecule has 0 rings (SSSR count). The van der Waals surface area contributed by atoms with E-state index in [1.165, 1.54) is 148 Å². The standard InChI is InChI=1S/C59H102O5/c1-3-5-7-9-11-13-15-17-19-20-21-22-23-24-25-26-27-28-29-30-31-32-33-34-35-36-37-38-40-42-44-46-48-50-52-54-59(62)64-57(55-60)56-63-58(61)53-51-49-47-45-43-41-39-18-16-14-12-10-8-6-4-2/h5,7,11-14,17-19,21-22,24-25,39,57,60H,3-4,6,8-10,15-16,20,23,26-38,40-56H2,1-2H3/b7-5-,13-11-,14-12-,19-17-,22-21-,25-24-,39-18-. The maximum Gasteiger partial charge on any atom is 0.306 e. The second-order valence-corrected chi connectivity index (χ2v) is 17.9. The second-order valence-electron chi connectivity index (χ2n) is 17.9. The van der Waals surface area contributed by atoms with E-state index in [4.69, 9.17) is 9.47 Å². The first kappa shape index (κ1) is 61.1. The van der Waals surface area contributed by atoms with Crippen molar-refractivity contribution in [1.29, 1.82) is 0 Å². The maximum absolute atomic E-state index is 12.3. The molecule has 0 aliphatic carbocycles. The highest BCUT2D eigenvalue weighted by molar-refractivity contribution is 5.70. The van der Waals surface area contributed by atoms with Crippen LogP contribution in [0.15, 0.2) is 85.1 Å². The molecule has 0 heterocycles. The van der Waals surface area contributed by atoms with Gasteiger partial charge in [0.15, 0.2) is 6.10 Å². The molecular weight excluding hydrogens is 789 g/mol. The van der Waals surface area contributed by atoms with Crippen molar-refractivity contribution in [2.75, 3.05) is 13.2 Å². The van der Waals surface area contributed by atoms with Crippen LogP contribution in [0.3, 0.4) is 0 Å². The highest BCUT2D eigenvalue weighted by Crippen LogP contribution is 2.16. The predicted molar refractivity (Wildman–Crippen MR) is 279 cm³/mol. The molecule has 0 amide bonds. The van der Waals surface area contributed by atoms with E-state index in [1.54, 1.807) is 0 Å². The minimum Gasteiger partial charge on any atom is -0.462 e. The molecule has 0 aromatic carbocycles. The Kier molecular flexibility index (Phi) is 51.9. The number of hydrogen-bond acceptors (Lipinski definition) is 5. The average molecular weight is 891 g/mol. The fourth-order valence-corrected chi connectivity index (χ4v) is 7.61. The molecule has 0 aliphatic rings. The van der Waals surface area contributed by atoms with E-state index in [0.717, 1.165) is 83.5 Å². The van der Waals surface area contributed by atoms with E-state index in [2.05, 4.69) is 98.9 Å². The lowest BCUT2D eigenvalue weighted by atomic mass is 10.0. The van der Waals surface area contributed by atoms with E-state index < -0.39 is 6.10 Å². The molecule has 0 aliphatic heterocycles. The summed E-state index contributed by atoms with van der Waals surface area (Å²) in [5.74, 6) is -0.602. The van der Waals surface area contributed by atoms with Gasteiger partial charge in [-0.05, 0) is 89.9 Å². The SMILES string of the molecule is CC/C=C\C/C=C\C/C=C\C/C=C\C/C=C\CCCCCCCCCCCCCCCCCCCCCC(=O)OC(CO)COC(=O)CCCCCCC/C=C\C/C=C\CCCCC. The lowest BCUT2D eigenvalue weighted by Crippen LogP contribution is -2.28. The lowest BCUT2D eigenvalue weighted by molar-refractivity contribution is -0.161. The van der Waals surface area contributed by atoms with E-state index in [0.29, 0.717) is 12.8 Å². The fraction of sp³-hybridized carbons (Fsp3) is 0.729. The van der Waals surface area contributed by atoms with Crippen LogP contribution in [0.1, 0.15) is 258 Å². The zero-order valence-electron chi connectivity index (χ0n) is 42.0. The van der Waals surface area contributed by atoms with Gasteiger partial charge in [0.05, 0.1) is 6.61 Å². The van der Waals surface area contributed by atoms with Crippen molar-refractivity contribution >= 4 is 11.9 Å². The summed E-state index contributed by atoms with van der Waals surface area (Å²) in [6, 6.07) is 0. The zero-order chi connectivity index (χ0) is 46.3. The van der Waals surface area contributed by atoms with Crippen molar-refractivity contribution in [3.63, 3.8) is 0 Å². The second kappa shape index (κ2) is 54.4. The average Bonchev–Trinajstić information content (AvgIpc) is 3.30. The van der Waals surface area contributed by atoms with Gasteiger partial charge >= 0.3 is 11.9 Å². The minimum atomic E-state index is -0.779. The highest BCUT2D eigenvalue weighted by Gasteiger charge is 2.16. The molecule has 368 valence electrons. The summed E-state index contributed by atoms with van der Waals surface area (Å²) >= 11 is 0. The van der Waals surface area contributed by atoms with Crippen LogP contribution in [0, 0.1) is 0 Å². The van der Waals surface area contributed by atoms with Gasteiger partial charge in [0.1, 0.15) is 6.61 Å². The zero-order valence-corrected chi connectivity index (χ0v) is 42.0. The van der Waals surface area contributed by atoms with Crippen molar-refractivity contribution in [2.24, 2.45) is 0 Å². The van der Waals surface area contributed by atoms with Crippen LogP contribution in [0.4, 0.5) is 0 Å². The van der Waals surface area contributed by atoms with Crippen molar-refractivity contribution in [3.8, 4) is 0 Å². The molecule has 0 aromatic rings. The molecule has 1 atom stereocenters. The summed E-state index contributed by atoms with van der Waals surface area (Å²) in [5.41, 5.74) is 0. The first-order valence-electron chi connectivity index (χ1n) is 27.1. The van der Waals surface area contributed by atoms with Gasteiger partial charge in [-0.3, -0.25) is 9.59 Å². The number of rotatable bonds is 49. The third-order valence-electron chi connectivity index (χ3n) is 11.7. The van der Waals surface area contributed by atoms with Crippen LogP contribution in [-0.4, -0.2) is 36.4 Å². The minimum absolute atomic E-state index is 0.0734. The van der Waals surface area contributed by atoms with E-state index in [9.17, 15) is 14.7 Å². The Morgan fingerprint density at radius 1 is 0.375 bits per heavy atom. The monoisotopic (exact) mass is 891 g/mol. The highest BCUT2D eigenvalue weighted by atomic mass is 16.6. The normalized spacial score (nSPS) is 12.9. The van der Waals surface area contributed by atoms with Gasteiger partial charge in [-0.25, -0.2) is 0 Å². The Bertz CT molecular complexity index is 1190. The number of aliphatic hydroxyl groups excluding tert-OH is 1. The summed E-state index contributed by atoms with van der Waals surface area (Å²) in [6.45, 7) is 4.00. The topological polar surface area (TPSA) is 72.8 Å². The van der Waals surface area contributed by atoms with E-state index >= 15 is 0 Å². The van der Waals surface area contributed by atoms with Gasteiger partial charge in [-0.15, -0.1) is 0 Å². The summed E-state index contributed by atoms with van der Waals surface area (Å²) in [7, 11) is 0. The summed E-state index contributed by atoms with van der Waals surface area (Å²) < 4.78 is 10.7. The number of esters is 2. The van der Waals surface area contributed by atoms with Crippen LogP contribution in [0.5, 0.6) is 0 Å². The predicted octanol–water partition coefficient (Wildman–Crippen LogP) is 18.2. The number of allylic oxidation sites excluding steroid dienone is 14. The molecule has 0 saturated carbocycles. The smallest absolute Gasteiger partial charge is 0.306 e. The maximum atomic E-state index is 12.3. The molecule has 0 fully saturated rings. The van der Waals surface area contributed by atoms with Gasteiger partial charge in [-0.2, -0.15) is 0 Å². The largest absolute Gasteiger partial charge is 0.462 e. The molecule has 5 heteroatoms. The number of aliphatic hydroxyl groups is 1. The Morgan fingerprint density at radius 2 is 0.672 bits per heavy atom. The molecule has 0 saturated heterocycles. The Hall–Kier alpha value is -2.92. The summed E-state index contributed by atoms with van der Waals surface area (Å²) in [4.78, 5) is 24.4. The molecule has 0 bridgehead atoms. The Balaban J connectivity index is 3.46. The van der Waals surface area contributed by atoms with Gasteiger partial charge in [-0.1, -0.05) is 240 Å². The molecule has 5 nitrogen and oxygen atoms in total. The lowest BCUT2D eigenvalue weighted by Gasteiger charge is -2.15. The van der Waals surface area contributed by atoms with Crippen LogP contribution in [0.2, 0.25) is 0 Å². The molecule has 0 spiro atoms. The van der Waals surface area contributed by atoms with Crippen LogP contribution < -0.4 is 0 Å². The number of carbonyl (C=O) groups is 2. The van der Waals surface area contributed by atoms with Gasteiger partial charge in [0.25, 0.3) is 0 Å². The molecule has 1 N–H and O–H groups in total. The van der Waals surface area contributed by atoms with Gasteiger partial charge in [0.2, 0.25) is 0 Å². The summed E-state index contributed by atoms with van der Waals surface area (Å²) in [6.07, 6.45) is 75.6.